The van der Waals surface area contributed by atoms with Gasteiger partial charge in [-0.05, 0) is 74.9 Å². The fourth-order valence-corrected chi connectivity index (χ4v) is 2.39. The zero-order chi connectivity index (χ0) is 12.4. The van der Waals surface area contributed by atoms with Crippen LogP contribution in [0.25, 0.3) is 0 Å². The smallest absolute Gasteiger partial charge is 0.125 e. The predicted octanol–water partition coefficient (Wildman–Crippen LogP) is 4.52. The van der Waals surface area contributed by atoms with E-state index in [1.807, 2.05) is 12.1 Å². The molecule has 0 aliphatic rings. The van der Waals surface area contributed by atoms with E-state index < -0.39 is 0 Å². The fourth-order valence-electron chi connectivity index (χ4n) is 1.37. The molecule has 0 atom stereocenters. The van der Waals surface area contributed by atoms with Gasteiger partial charge in [-0.2, -0.15) is 0 Å². The molecular weight excluding hydrogens is 398 g/mol. The topological polar surface area (TPSA) is 38.0 Å². The number of rotatable bonds is 2. The molecule has 0 aromatic heterocycles. The molecule has 0 radical (unpaired) electrons. The van der Waals surface area contributed by atoms with Gasteiger partial charge in [0.05, 0.1) is 11.4 Å². The molecule has 2 rings (SSSR count). The second-order valence-electron chi connectivity index (χ2n) is 3.49. The Bertz CT molecular complexity index is 560. The Kier molecular flexibility index (Phi) is 3.88. The van der Waals surface area contributed by atoms with Gasteiger partial charge in [-0.1, -0.05) is 0 Å². The minimum Gasteiger partial charge on any atom is -0.399 e. The summed E-state index contributed by atoms with van der Waals surface area (Å²) in [5, 5.41) is 3.16. The molecule has 0 heterocycles. The molecule has 0 bridgehead atoms. The molecule has 2 aromatic carbocycles. The quantitative estimate of drug-likeness (QED) is 0.568. The van der Waals surface area contributed by atoms with Crippen molar-refractivity contribution in [3.8, 4) is 0 Å². The third-order valence-electron chi connectivity index (χ3n) is 2.19. The Labute approximate surface area is 121 Å². The number of nitrogens with two attached hydrogens (primary N) is 1. The van der Waals surface area contributed by atoms with Crippen molar-refractivity contribution >= 4 is 55.6 Å². The van der Waals surface area contributed by atoms with Crippen molar-refractivity contribution < 1.29 is 4.39 Å². The van der Waals surface area contributed by atoms with Crippen LogP contribution in [0.2, 0.25) is 0 Å². The second kappa shape index (κ2) is 5.22. The summed E-state index contributed by atoms with van der Waals surface area (Å²) in [6.07, 6.45) is 0. The average Bonchev–Trinajstić information content (AvgIpc) is 2.27. The monoisotopic (exact) mass is 406 g/mol. The van der Waals surface area contributed by atoms with E-state index in [-0.39, 0.29) is 5.82 Å². The van der Waals surface area contributed by atoms with Crippen LogP contribution in [0.15, 0.2) is 40.9 Å². The van der Waals surface area contributed by atoms with E-state index in [0.717, 1.165) is 13.7 Å². The summed E-state index contributed by atoms with van der Waals surface area (Å²) < 4.78 is 14.9. The highest BCUT2D eigenvalue weighted by Gasteiger charge is 2.05. The zero-order valence-electron chi connectivity index (χ0n) is 8.68. The molecule has 0 saturated heterocycles. The predicted molar refractivity (Wildman–Crippen MR) is 81.0 cm³/mol. The van der Waals surface area contributed by atoms with Gasteiger partial charge in [0.2, 0.25) is 0 Å². The summed E-state index contributed by atoms with van der Waals surface area (Å²) in [6.45, 7) is 0. The van der Waals surface area contributed by atoms with Crippen LogP contribution < -0.4 is 11.1 Å². The number of nitrogen functional groups attached to an aromatic ring is 1. The van der Waals surface area contributed by atoms with E-state index in [9.17, 15) is 4.39 Å². The number of nitrogens with one attached hydrogen (secondary N) is 1. The van der Waals surface area contributed by atoms with Crippen molar-refractivity contribution in [3.63, 3.8) is 0 Å². The third kappa shape index (κ3) is 3.10. The van der Waals surface area contributed by atoms with Crippen LogP contribution in [0.3, 0.4) is 0 Å². The van der Waals surface area contributed by atoms with Gasteiger partial charge >= 0.3 is 0 Å². The maximum absolute atomic E-state index is 13.1. The highest BCUT2D eigenvalue weighted by atomic mass is 127. The first-order chi connectivity index (χ1) is 8.06. The first kappa shape index (κ1) is 12.6. The highest BCUT2D eigenvalue weighted by molar-refractivity contribution is 14.1. The van der Waals surface area contributed by atoms with Gasteiger partial charge in [0.25, 0.3) is 0 Å². The summed E-state index contributed by atoms with van der Waals surface area (Å²) in [5.41, 5.74) is 7.96. The molecule has 0 spiro atoms. The molecule has 0 aliphatic carbocycles. The van der Waals surface area contributed by atoms with Crippen LogP contribution in [0.1, 0.15) is 0 Å². The van der Waals surface area contributed by atoms with E-state index in [4.69, 9.17) is 5.73 Å². The zero-order valence-corrected chi connectivity index (χ0v) is 12.4. The SMILES string of the molecule is Nc1ccc(Nc2cc(F)ccc2Br)c(I)c1. The summed E-state index contributed by atoms with van der Waals surface area (Å²) in [7, 11) is 0. The van der Waals surface area contributed by atoms with E-state index in [2.05, 4.69) is 43.8 Å². The average molecular weight is 407 g/mol. The van der Waals surface area contributed by atoms with Crippen molar-refractivity contribution in [2.24, 2.45) is 0 Å². The molecule has 17 heavy (non-hydrogen) atoms. The molecule has 2 nitrogen and oxygen atoms in total. The number of halogens is 3. The van der Waals surface area contributed by atoms with Gasteiger partial charge in [-0.15, -0.1) is 0 Å². The molecule has 88 valence electrons. The Morgan fingerprint density at radius 1 is 1.12 bits per heavy atom. The normalized spacial score (nSPS) is 10.3. The van der Waals surface area contributed by atoms with Crippen LogP contribution in [0.5, 0.6) is 0 Å². The highest BCUT2D eigenvalue weighted by Crippen LogP contribution is 2.29. The lowest BCUT2D eigenvalue weighted by Gasteiger charge is -2.11. The van der Waals surface area contributed by atoms with Crippen molar-refractivity contribution in [2.75, 3.05) is 11.1 Å². The summed E-state index contributed by atoms with van der Waals surface area (Å²) in [6, 6.07) is 10.0. The first-order valence-corrected chi connectivity index (χ1v) is 6.70. The Hall–Kier alpha value is -0.820. The first-order valence-electron chi connectivity index (χ1n) is 4.83. The molecule has 3 N–H and O–H groups in total. The largest absolute Gasteiger partial charge is 0.399 e. The van der Waals surface area contributed by atoms with Crippen LogP contribution in [-0.4, -0.2) is 0 Å². The maximum Gasteiger partial charge on any atom is 0.125 e. The lowest BCUT2D eigenvalue weighted by Crippen LogP contribution is -1.96. The molecule has 0 aliphatic heterocycles. The lowest BCUT2D eigenvalue weighted by atomic mass is 10.2. The number of anilines is 3. The third-order valence-corrected chi connectivity index (χ3v) is 3.77. The molecule has 0 fully saturated rings. The van der Waals surface area contributed by atoms with Gasteiger partial charge in [0.1, 0.15) is 5.82 Å². The van der Waals surface area contributed by atoms with E-state index >= 15 is 0 Å². The standard InChI is InChI=1S/C12H9BrFIN2/c13-9-3-1-7(14)5-12(9)17-11-4-2-8(16)6-10(11)15/h1-6,17H,16H2. The van der Waals surface area contributed by atoms with E-state index in [1.54, 1.807) is 12.1 Å². The Morgan fingerprint density at radius 3 is 2.59 bits per heavy atom. The number of hydrogen-bond donors (Lipinski definition) is 2. The Morgan fingerprint density at radius 2 is 1.88 bits per heavy atom. The van der Waals surface area contributed by atoms with Gasteiger partial charge in [-0.3, -0.25) is 0 Å². The van der Waals surface area contributed by atoms with Gasteiger partial charge in [0, 0.05) is 13.7 Å². The molecule has 0 amide bonds. The maximum atomic E-state index is 13.1. The van der Waals surface area contributed by atoms with E-state index in [0.29, 0.717) is 11.4 Å². The van der Waals surface area contributed by atoms with Crippen LogP contribution in [-0.2, 0) is 0 Å². The lowest BCUT2D eigenvalue weighted by molar-refractivity contribution is 0.628. The van der Waals surface area contributed by atoms with Crippen LogP contribution in [0, 0.1) is 9.39 Å². The molecule has 0 saturated carbocycles. The van der Waals surface area contributed by atoms with Crippen molar-refractivity contribution in [2.45, 2.75) is 0 Å². The minimum absolute atomic E-state index is 0.277. The fraction of sp³-hybridized carbons (Fsp3) is 0. The molecule has 2 aromatic rings. The van der Waals surface area contributed by atoms with Gasteiger partial charge < -0.3 is 11.1 Å². The van der Waals surface area contributed by atoms with Crippen molar-refractivity contribution in [3.05, 3.63) is 50.3 Å². The summed E-state index contributed by atoms with van der Waals surface area (Å²) in [5.74, 6) is -0.277. The number of hydrogen-bond acceptors (Lipinski definition) is 2. The summed E-state index contributed by atoms with van der Waals surface area (Å²) >= 11 is 5.55. The molecule has 0 unspecified atom stereocenters. The van der Waals surface area contributed by atoms with E-state index in [1.165, 1.54) is 12.1 Å². The summed E-state index contributed by atoms with van der Waals surface area (Å²) in [4.78, 5) is 0. The van der Waals surface area contributed by atoms with Crippen LogP contribution >= 0.6 is 38.5 Å². The molecular formula is C12H9BrFIN2. The Balaban J connectivity index is 2.34. The van der Waals surface area contributed by atoms with Crippen molar-refractivity contribution in [1.82, 2.24) is 0 Å². The second-order valence-corrected chi connectivity index (χ2v) is 5.50. The van der Waals surface area contributed by atoms with Gasteiger partial charge in [-0.25, -0.2) is 4.39 Å². The van der Waals surface area contributed by atoms with Crippen molar-refractivity contribution in [1.29, 1.82) is 0 Å². The van der Waals surface area contributed by atoms with Gasteiger partial charge in [0.15, 0.2) is 0 Å². The van der Waals surface area contributed by atoms with Crippen LogP contribution in [0.4, 0.5) is 21.5 Å². The number of benzene rings is 2. The molecule has 5 heteroatoms. The minimum atomic E-state index is -0.277.